The molecule has 0 N–H and O–H groups in total. The first-order valence-corrected chi connectivity index (χ1v) is 16.7. The van der Waals surface area contributed by atoms with Crippen molar-refractivity contribution in [1.82, 2.24) is 19.5 Å². The van der Waals surface area contributed by atoms with Gasteiger partial charge in [0, 0.05) is 38.2 Å². The molecule has 0 aliphatic heterocycles. The van der Waals surface area contributed by atoms with Crippen LogP contribution < -0.4 is 0 Å². The summed E-state index contributed by atoms with van der Waals surface area (Å²) in [5.41, 5.74) is 9.62. The van der Waals surface area contributed by atoms with Gasteiger partial charge >= 0.3 is 0 Å². The molecule has 3 heterocycles. The highest BCUT2D eigenvalue weighted by Gasteiger charge is 2.24. The fourth-order valence-electron chi connectivity index (χ4n) is 7.13. The van der Waals surface area contributed by atoms with Crippen LogP contribution >= 0.6 is 0 Å². The number of furan rings is 1. The number of benzene rings is 7. The van der Waals surface area contributed by atoms with Crippen LogP contribution in [0.3, 0.4) is 0 Å². The van der Waals surface area contributed by atoms with Gasteiger partial charge in [0.05, 0.1) is 11.0 Å². The molecule has 0 fully saturated rings. The summed E-state index contributed by atoms with van der Waals surface area (Å²) < 4.78 is 9.16. The smallest absolute Gasteiger partial charge is 0.166 e. The van der Waals surface area contributed by atoms with Gasteiger partial charge in [-0.25, -0.2) is 15.0 Å². The van der Waals surface area contributed by atoms with E-state index in [2.05, 4.69) is 102 Å². The Kier molecular flexibility index (Phi) is 6.42. The second-order valence-electron chi connectivity index (χ2n) is 12.4. The van der Waals surface area contributed by atoms with Crippen molar-refractivity contribution >= 4 is 43.7 Å². The summed E-state index contributed by atoms with van der Waals surface area (Å²) in [6.45, 7) is 0. The molecule has 0 atom stereocenters. The van der Waals surface area contributed by atoms with Gasteiger partial charge in [-0.1, -0.05) is 140 Å². The summed E-state index contributed by atoms with van der Waals surface area (Å²) in [4.78, 5) is 15.3. The SMILES string of the molecule is c1ccc(-c2ccc3c4ccccc4n(-c4c(-c5nc(-c6ccccc6)nc(-c6ccccc6)n5)ccc5c4oc4ccccc45)c3c2)cc1. The first kappa shape index (κ1) is 28.2. The van der Waals surface area contributed by atoms with Crippen LogP contribution in [-0.4, -0.2) is 19.5 Å². The summed E-state index contributed by atoms with van der Waals surface area (Å²) >= 11 is 0. The lowest BCUT2D eigenvalue weighted by Gasteiger charge is -2.15. The monoisotopic (exact) mass is 640 g/mol. The van der Waals surface area contributed by atoms with Gasteiger partial charge in [-0.15, -0.1) is 0 Å². The second-order valence-corrected chi connectivity index (χ2v) is 12.4. The molecule has 0 aliphatic carbocycles. The lowest BCUT2D eigenvalue weighted by Crippen LogP contribution is -2.04. The Bertz CT molecular complexity index is 2800. The number of para-hydroxylation sites is 2. The molecular weight excluding hydrogens is 613 g/mol. The molecule has 0 radical (unpaired) electrons. The van der Waals surface area contributed by atoms with E-state index in [1.54, 1.807) is 0 Å². The lowest BCUT2D eigenvalue weighted by molar-refractivity contribution is 0.666. The highest BCUT2D eigenvalue weighted by molar-refractivity contribution is 6.15. The molecule has 0 saturated carbocycles. The van der Waals surface area contributed by atoms with Crippen LogP contribution in [0.1, 0.15) is 0 Å². The van der Waals surface area contributed by atoms with E-state index in [9.17, 15) is 0 Å². The van der Waals surface area contributed by atoms with Crippen LogP contribution in [-0.2, 0) is 0 Å². The van der Waals surface area contributed by atoms with Crippen molar-refractivity contribution < 1.29 is 4.42 Å². The average molecular weight is 641 g/mol. The molecule has 234 valence electrons. The predicted octanol–water partition coefficient (Wildman–Crippen LogP) is 11.5. The van der Waals surface area contributed by atoms with Crippen molar-refractivity contribution in [2.45, 2.75) is 0 Å². The van der Waals surface area contributed by atoms with Crippen molar-refractivity contribution in [2.24, 2.45) is 0 Å². The third-order valence-corrected chi connectivity index (χ3v) is 9.47. The molecule has 0 amide bonds. The van der Waals surface area contributed by atoms with E-state index in [0.717, 1.165) is 77.2 Å². The van der Waals surface area contributed by atoms with Crippen molar-refractivity contribution in [3.05, 3.63) is 170 Å². The second kappa shape index (κ2) is 11.4. The largest absolute Gasteiger partial charge is 0.454 e. The molecule has 5 nitrogen and oxygen atoms in total. The first-order chi connectivity index (χ1) is 24.8. The quantitative estimate of drug-likeness (QED) is 0.188. The van der Waals surface area contributed by atoms with Gasteiger partial charge in [0.1, 0.15) is 11.3 Å². The van der Waals surface area contributed by atoms with Gasteiger partial charge in [0.25, 0.3) is 0 Å². The number of rotatable bonds is 5. The Labute approximate surface area is 287 Å². The molecule has 50 heavy (non-hydrogen) atoms. The highest BCUT2D eigenvalue weighted by Crippen LogP contribution is 2.43. The van der Waals surface area contributed by atoms with E-state index < -0.39 is 0 Å². The molecule has 0 unspecified atom stereocenters. The van der Waals surface area contributed by atoms with E-state index >= 15 is 0 Å². The van der Waals surface area contributed by atoms with Crippen LogP contribution in [0, 0.1) is 0 Å². The highest BCUT2D eigenvalue weighted by atomic mass is 16.3. The van der Waals surface area contributed by atoms with Crippen LogP contribution in [0.25, 0.3) is 94.7 Å². The standard InChI is InChI=1S/C45H28N4O/c1-4-14-29(15-5-1)32-24-25-34-33-20-10-12-22-38(33)49(39(34)28-32)41-37(27-26-36-35-21-11-13-23-40(35)50-42(36)41)45-47-43(30-16-6-2-7-17-30)46-44(48-45)31-18-8-3-9-19-31/h1-28H. The van der Waals surface area contributed by atoms with Crippen LogP contribution in [0.2, 0.25) is 0 Å². The normalized spacial score (nSPS) is 11.6. The number of nitrogens with zero attached hydrogens (tertiary/aromatic N) is 4. The van der Waals surface area contributed by atoms with Crippen LogP contribution in [0.15, 0.2) is 174 Å². The number of fused-ring (bicyclic) bond motifs is 6. The van der Waals surface area contributed by atoms with Gasteiger partial charge in [-0.05, 0) is 41.5 Å². The molecule has 10 rings (SSSR count). The zero-order valence-corrected chi connectivity index (χ0v) is 26.9. The molecule has 10 aromatic rings. The summed E-state index contributed by atoms with van der Waals surface area (Å²) in [7, 11) is 0. The zero-order valence-electron chi connectivity index (χ0n) is 26.9. The average Bonchev–Trinajstić information content (AvgIpc) is 3.74. The Morgan fingerprint density at radius 3 is 1.62 bits per heavy atom. The Morgan fingerprint density at radius 1 is 0.380 bits per heavy atom. The molecule has 0 bridgehead atoms. The number of hydrogen-bond acceptors (Lipinski definition) is 4. The maximum Gasteiger partial charge on any atom is 0.166 e. The van der Waals surface area contributed by atoms with Crippen molar-refractivity contribution in [1.29, 1.82) is 0 Å². The number of aromatic nitrogens is 4. The minimum absolute atomic E-state index is 0.570. The van der Waals surface area contributed by atoms with Gasteiger partial charge in [-0.2, -0.15) is 0 Å². The zero-order chi connectivity index (χ0) is 33.0. The van der Waals surface area contributed by atoms with Crippen molar-refractivity contribution in [3.63, 3.8) is 0 Å². The number of hydrogen-bond donors (Lipinski definition) is 0. The Balaban J connectivity index is 1.35. The van der Waals surface area contributed by atoms with E-state index in [1.807, 2.05) is 72.8 Å². The molecular formula is C45H28N4O. The predicted molar refractivity (Wildman–Crippen MR) is 203 cm³/mol. The van der Waals surface area contributed by atoms with Crippen molar-refractivity contribution in [3.8, 4) is 51.0 Å². The Morgan fingerprint density at radius 2 is 0.920 bits per heavy atom. The van der Waals surface area contributed by atoms with Gasteiger partial charge in [0.2, 0.25) is 0 Å². The lowest BCUT2D eigenvalue weighted by atomic mass is 10.0. The summed E-state index contributed by atoms with van der Waals surface area (Å²) in [6.07, 6.45) is 0. The Hall–Kier alpha value is -6.85. The molecule has 5 heteroatoms. The van der Waals surface area contributed by atoms with Crippen LogP contribution in [0.4, 0.5) is 0 Å². The molecule has 3 aromatic heterocycles. The summed E-state index contributed by atoms with van der Waals surface area (Å²) in [6, 6.07) is 58.5. The molecule has 0 spiro atoms. The van der Waals surface area contributed by atoms with E-state index in [4.69, 9.17) is 19.4 Å². The van der Waals surface area contributed by atoms with Crippen LogP contribution in [0.5, 0.6) is 0 Å². The van der Waals surface area contributed by atoms with Gasteiger partial charge < -0.3 is 8.98 Å². The molecule has 0 aliphatic rings. The topological polar surface area (TPSA) is 56.7 Å². The third kappa shape index (κ3) is 4.52. The van der Waals surface area contributed by atoms with E-state index in [1.165, 1.54) is 0 Å². The van der Waals surface area contributed by atoms with Crippen molar-refractivity contribution in [2.75, 3.05) is 0 Å². The third-order valence-electron chi connectivity index (χ3n) is 9.47. The minimum atomic E-state index is 0.570. The maximum absolute atomic E-state index is 6.82. The molecule has 0 saturated heterocycles. The maximum atomic E-state index is 6.82. The van der Waals surface area contributed by atoms with E-state index in [0.29, 0.717) is 17.5 Å². The summed E-state index contributed by atoms with van der Waals surface area (Å²) in [5.74, 6) is 1.79. The van der Waals surface area contributed by atoms with E-state index in [-0.39, 0.29) is 0 Å². The minimum Gasteiger partial charge on any atom is -0.454 e. The summed E-state index contributed by atoms with van der Waals surface area (Å²) in [5, 5.41) is 4.41. The van der Waals surface area contributed by atoms with Gasteiger partial charge in [0.15, 0.2) is 23.1 Å². The molecule has 7 aromatic carbocycles. The fourth-order valence-corrected chi connectivity index (χ4v) is 7.13. The first-order valence-electron chi connectivity index (χ1n) is 16.7. The fraction of sp³-hybridized carbons (Fsp3) is 0. The van der Waals surface area contributed by atoms with Gasteiger partial charge in [-0.3, -0.25) is 0 Å².